The molecule has 1 aliphatic rings. The summed E-state index contributed by atoms with van der Waals surface area (Å²) < 4.78 is 0. The number of carbonyl (C=O) groups is 2. The third kappa shape index (κ3) is 6.82. The SMILES string of the molecule is O=C(CCC(=O)NC1CCCCC1)NN=Cc1ccc(Cl)cc1. The minimum Gasteiger partial charge on any atom is -0.353 e. The molecule has 0 bridgehead atoms. The molecule has 1 fully saturated rings. The van der Waals surface area contributed by atoms with Gasteiger partial charge < -0.3 is 5.32 Å². The van der Waals surface area contributed by atoms with E-state index in [0.717, 1.165) is 18.4 Å². The molecule has 0 radical (unpaired) electrons. The number of nitrogens with zero attached hydrogens (tertiary/aromatic N) is 1. The summed E-state index contributed by atoms with van der Waals surface area (Å²) >= 11 is 5.78. The molecule has 5 nitrogen and oxygen atoms in total. The Morgan fingerprint density at radius 2 is 1.74 bits per heavy atom. The summed E-state index contributed by atoms with van der Waals surface area (Å²) in [6, 6.07) is 7.38. The second-order valence-electron chi connectivity index (χ2n) is 5.75. The zero-order valence-corrected chi connectivity index (χ0v) is 13.8. The Hall–Kier alpha value is -1.88. The summed E-state index contributed by atoms with van der Waals surface area (Å²) in [4.78, 5) is 23.5. The molecule has 0 spiro atoms. The zero-order valence-electron chi connectivity index (χ0n) is 13.1. The van der Waals surface area contributed by atoms with Gasteiger partial charge >= 0.3 is 0 Å². The van der Waals surface area contributed by atoms with Crippen molar-refractivity contribution in [2.75, 3.05) is 0 Å². The van der Waals surface area contributed by atoms with Crippen LogP contribution in [-0.4, -0.2) is 24.1 Å². The van der Waals surface area contributed by atoms with E-state index < -0.39 is 0 Å². The van der Waals surface area contributed by atoms with Crippen LogP contribution < -0.4 is 10.7 Å². The van der Waals surface area contributed by atoms with Crippen molar-refractivity contribution < 1.29 is 9.59 Å². The molecule has 124 valence electrons. The van der Waals surface area contributed by atoms with Gasteiger partial charge in [0.15, 0.2) is 0 Å². The van der Waals surface area contributed by atoms with Gasteiger partial charge in [-0.1, -0.05) is 43.0 Å². The molecule has 2 rings (SSSR count). The predicted molar refractivity (Wildman–Crippen MR) is 91.4 cm³/mol. The molecule has 1 saturated carbocycles. The molecule has 0 aromatic heterocycles. The van der Waals surface area contributed by atoms with Crippen molar-refractivity contribution in [3.8, 4) is 0 Å². The number of benzene rings is 1. The first-order valence-corrected chi connectivity index (χ1v) is 8.38. The second-order valence-corrected chi connectivity index (χ2v) is 6.18. The highest BCUT2D eigenvalue weighted by Gasteiger charge is 2.15. The average Bonchev–Trinajstić information content (AvgIpc) is 2.56. The van der Waals surface area contributed by atoms with E-state index in [4.69, 9.17) is 11.6 Å². The van der Waals surface area contributed by atoms with Gasteiger partial charge in [0.25, 0.3) is 0 Å². The Kier molecular flexibility index (Phi) is 7.07. The topological polar surface area (TPSA) is 70.6 Å². The Balaban J connectivity index is 1.64. The van der Waals surface area contributed by atoms with Crippen LogP contribution in [0, 0.1) is 0 Å². The quantitative estimate of drug-likeness (QED) is 0.619. The Bertz CT molecular complexity index is 551. The van der Waals surface area contributed by atoms with E-state index >= 15 is 0 Å². The Morgan fingerprint density at radius 3 is 2.43 bits per heavy atom. The first kappa shape index (κ1) is 17.5. The summed E-state index contributed by atoms with van der Waals surface area (Å²) in [7, 11) is 0. The monoisotopic (exact) mass is 335 g/mol. The normalized spacial score (nSPS) is 15.5. The van der Waals surface area contributed by atoms with Crippen molar-refractivity contribution >= 4 is 29.6 Å². The number of rotatable bonds is 6. The lowest BCUT2D eigenvalue weighted by atomic mass is 9.95. The van der Waals surface area contributed by atoms with E-state index in [-0.39, 0.29) is 30.7 Å². The van der Waals surface area contributed by atoms with Crippen LogP contribution in [0.25, 0.3) is 0 Å². The van der Waals surface area contributed by atoms with E-state index in [1.54, 1.807) is 24.3 Å². The van der Waals surface area contributed by atoms with Crippen molar-refractivity contribution in [3.63, 3.8) is 0 Å². The van der Waals surface area contributed by atoms with Crippen molar-refractivity contribution in [1.82, 2.24) is 10.7 Å². The van der Waals surface area contributed by atoms with E-state index in [1.807, 2.05) is 0 Å². The number of carbonyl (C=O) groups excluding carboxylic acids is 2. The maximum atomic E-state index is 11.8. The van der Waals surface area contributed by atoms with Gasteiger partial charge in [-0.15, -0.1) is 0 Å². The van der Waals surface area contributed by atoms with Gasteiger partial charge in [-0.25, -0.2) is 5.43 Å². The van der Waals surface area contributed by atoms with Gasteiger partial charge in [0, 0.05) is 23.9 Å². The fourth-order valence-corrected chi connectivity index (χ4v) is 2.68. The number of amides is 2. The molecule has 23 heavy (non-hydrogen) atoms. The van der Waals surface area contributed by atoms with Crippen molar-refractivity contribution in [2.45, 2.75) is 51.0 Å². The first-order chi connectivity index (χ1) is 11.1. The molecule has 0 heterocycles. The standard InChI is InChI=1S/C17H22ClN3O2/c18-14-8-6-13(7-9-14)12-19-21-17(23)11-10-16(22)20-15-4-2-1-3-5-15/h6-9,12,15H,1-5,10-11H2,(H,20,22)(H,21,23). The summed E-state index contributed by atoms with van der Waals surface area (Å²) in [5, 5.41) is 7.51. The molecule has 1 aromatic carbocycles. The number of halogens is 1. The highest BCUT2D eigenvalue weighted by molar-refractivity contribution is 6.30. The van der Waals surface area contributed by atoms with Crippen LogP contribution in [0.1, 0.15) is 50.5 Å². The minimum absolute atomic E-state index is 0.0614. The van der Waals surface area contributed by atoms with E-state index in [0.29, 0.717) is 5.02 Å². The van der Waals surface area contributed by atoms with Crippen molar-refractivity contribution in [3.05, 3.63) is 34.9 Å². The molecule has 2 N–H and O–H groups in total. The Labute approximate surface area is 141 Å². The number of hydrogen-bond acceptors (Lipinski definition) is 3. The minimum atomic E-state index is -0.269. The molecule has 6 heteroatoms. The van der Waals surface area contributed by atoms with Gasteiger partial charge in [0.2, 0.25) is 11.8 Å². The molecule has 0 saturated heterocycles. The molecule has 2 amide bonds. The van der Waals surface area contributed by atoms with Crippen LogP contribution >= 0.6 is 11.6 Å². The highest BCUT2D eigenvalue weighted by Crippen LogP contribution is 2.17. The molecule has 0 aliphatic heterocycles. The van der Waals surface area contributed by atoms with Crippen molar-refractivity contribution in [1.29, 1.82) is 0 Å². The van der Waals surface area contributed by atoms with Crippen LogP contribution in [0.4, 0.5) is 0 Å². The van der Waals surface area contributed by atoms with Crippen LogP contribution in [-0.2, 0) is 9.59 Å². The van der Waals surface area contributed by atoms with Crippen LogP contribution in [0.5, 0.6) is 0 Å². The van der Waals surface area contributed by atoms with E-state index in [1.165, 1.54) is 25.5 Å². The molecule has 0 atom stereocenters. The van der Waals surface area contributed by atoms with Gasteiger partial charge in [0.1, 0.15) is 0 Å². The molecule has 1 aromatic rings. The number of nitrogens with one attached hydrogen (secondary N) is 2. The van der Waals surface area contributed by atoms with Crippen LogP contribution in [0.3, 0.4) is 0 Å². The third-order valence-corrected chi connectivity index (χ3v) is 4.07. The van der Waals surface area contributed by atoms with Gasteiger partial charge in [-0.2, -0.15) is 5.10 Å². The average molecular weight is 336 g/mol. The second kappa shape index (κ2) is 9.30. The maximum absolute atomic E-state index is 11.8. The van der Waals surface area contributed by atoms with Gasteiger partial charge in [0.05, 0.1) is 6.21 Å². The van der Waals surface area contributed by atoms with Gasteiger partial charge in [-0.3, -0.25) is 9.59 Å². The smallest absolute Gasteiger partial charge is 0.240 e. The summed E-state index contributed by atoms with van der Waals surface area (Å²) in [6.07, 6.45) is 7.55. The predicted octanol–water partition coefficient (Wildman–Crippen LogP) is 3.02. The van der Waals surface area contributed by atoms with Crippen LogP contribution in [0.15, 0.2) is 29.4 Å². The fraction of sp³-hybridized carbons (Fsp3) is 0.471. The molecule has 0 unspecified atom stereocenters. The highest BCUT2D eigenvalue weighted by atomic mass is 35.5. The lowest BCUT2D eigenvalue weighted by Crippen LogP contribution is -2.36. The zero-order chi connectivity index (χ0) is 16.5. The largest absolute Gasteiger partial charge is 0.353 e. The lowest BCUT2D eigenvalue weighted by molar-refractivity contribution is -0.126. The fourth-order valence-electron chi connectivity index (χ4n) is 2.56. The lowest BCUT2D eigenvalue weighted by Gasteiger charge is -2.22. The van der Waals surface area contributed by atoms with Gasteiger partial charge in [-0.05, 0) is 30.5 Å². The third-order valence-electron chi connectivity index (χ3n) is 3.82. The van der Waals surface area contributed by atoms with Crippen molar-refractivity contribution in [2.24, 2.45) is 5.10 Å². The molecular weight excluding hydrogens is 314 g/mol. The molecular formula is C17H22ClN3O2. The molecule has 1 aliphatic carbocycles. The summed E-state index contributed by atoms with van der Waals surface area (Å²) in [5.74, 6) is -0.331. The van der Waals surface area contributed by atoms with E-state index in [9.17, 15) is 9.59 Å². The summed E-state index contributed by atoms with van der Waals surface area (Å²) in [5.41, 5.74) is 3.26. The Morgan fingerprint density at radius 1 is 1.09 bits per heavy atom. The summed E-state index contributed by atoms with van der Waals surface area (Å²) in [6.45, 7) is 0. The van der Waals surface area contributed by atoms with Crippen LogP contribution in [0.2, 0.25) is 5.02 Å². The number of hydrazone groups is 1. The number of hydrogen-bond donors (Lipinski definition) is 2. The maximum Gasteiger partial charge on any atom is 0.240 e. The van der Waals surface area contributed by atoms with E-state index in [2.05, 4.69) is 15.8 Å². The first-order valence-electron chi connectivity index (χ1n) is 8.00.